The van der Waals surface area contributed by atoms with E-state index in [0.717, 1.165) is 11.9 Å². The summed E-state index contributed by atoms with van der Waals surface area (Å²) in [7, 11) is 0. The molecular weight excluding hydrogens is 426 g/mol. The van der Waals surface area contributed by atoms with Crippen molar-refractivity contribution in [3.05, 3.63) is 46.1 Å². The minimum atomic E-state index is -3.73. The van der Waals surface area contributed by atoms with Crippen LogP contribution in [-0.2, 0) is 4.79 Å². The maximum absolute atomic E-state index is 13.2. The average Bonchev–Trinajstić information content (AvgIpc) is 2.96. The highest BCUT2D eigenvalue weighted by Gasteiger charge is 2.43. The van der Waals surface area contributed by atoms with Crippen molar-refractivity contribution >= 4 is 35.3 Å². The Morgan fingerprint density at radius 2 is 1.86 bits per heavy atom. The van der Waals surface area contributed by atoms with Crippen molar-refractivity contribution in [3.8, 4) is 22.6 Å². The fourth-order valence-corrected chi connectivity index (χ4v) is 2.93. The smallest absolute Gasteiger partial charge is 0.401 e. The summed E-state index contributed by atoms with van der Waals surface area (Å²) >= 11 is 6.87. The summed E-state index contributed by atoms with van der Waals surface area (Å²) in [5, 5.41) is 8.15. The van der Waals surface area contributed by atoms with Crippen LogP contribution in [0.25, 0.3) is 11.1 Å². The monoisotopic (exact) mass is 444 g/mol. The van der Waals surface area contributed by atoms with Gasteiger partial charge in [-0.05, 0) is 37.1 Å². The molecule has 0 aliphatic carbocycles. The molecular formula is C18H19ClF2N4O3S. The van der Waals surface area contributed by atoms with Gasteiger partial charge in [0.2, 0.25) is 0 Å². The molecule has 1 aromatic heterocycles. The lowest BCUT2D eigenvalue weighted by atomic mass is 10.1. The van der Waals surface area contributed by atoms with Gasteiger partial charge in [-0.1, -0.05) is 25.4 Å². The Kier molecular flexibility index (Phi) is 7.28. The summed E-state index contributed by atoms with van der Waals surface area (Å²) in [6.45, 7) is 5.55. The number of benzene rings is 1. The number of allylic oxidation sites excluding steroid dienone is 1. The highest BCUT2D eigenvalue weighted by Crippen LogP contribution is 2.45. The standard InChI is InChI=1S/C16H13ClF2N4O3S.C2H6/c1-7(20)14(27-21)15(24)23-13-3-2-8(6-22-13)9-4-11-12(5-10(9)17)26-16(18,19)25-11;1-2/h2-6H,20-21H2,1H3,(H,22,23,24);1-2H3/b14-7-;. The highest BCUT2D eigenvalue weighted by atomic mass is 35.5. The number of carbonyl (C=O) groups is 1. The van der Waals surface area contributed by atoms with Crippen LogP contribution in [0.3, 0.4) is 0 Å². The van der Waals surface area contributed by atoms with E-state index in [0.29, 0.717) is 11.1 Å². The van der Waals surface area contributed by atoms with Gasteiger partial charge in [-0.25, -0.2) is 4.98 Å². The lowest BCUT2D eigenvalue weighted by Crippen LogP contribution is -2.25. The van der Waals surface area contributed by atoms with Crippen molar-refractivity contribution in [1.82, 2.24) is 4.98 Å². The minimum absolute atomic E-state index is 0.134. The topological polar surface area (TPSA) is 112 Å². The lowest BCUT2D eigenvalue weighted by molar-refractivity contribution is -0.286. The number of hydrogen-bond acceptors (Lipinski definition) is 7. The number of hydrogen-bond donors (Lipinski definition) is 3. The fourth-order valence-electron chi connectivity index (χ4n) is 2.32. The number of carbonyl (C=O) groups excluding carboxylic acids is 1. The number of aromatic nitrogens is 1. The van der Waals surface area contributed by atoms with Crippen molar-refractivity contribution in [1.29, 1.82) is 0 Å². The third kappa shape index (κ3) is 5.28. The Hall–Kier alpha value is -2.56. The van der Waals surface area contributed by atoms with E-state index in [4.69, 9.17) is 22.5 Å². The zero-order valence-corrected chi connectivity index (χ0v) is 17.3. The first-order valence-corrected chi connectivity index (χ1v) is 9.66. The highest BCUT2D eigenvalue weighted by molar-refractivity contribution is 8.01. The third-order valence-corrected chi connectivity index (χ3v) is 4.55. The number of halogens is 3. The molecule has 0 radical (unpaired) electrons. The molecule has 156 valence electrons. The fraction of sp³-hybridized carbons (Fsp3) is 0.222. The van der Waals surface area contributed by atoms with E-state index in [-0.39, 0.29) is 32.9 Å². The Balaban J connectivity index is 0.00000145. The Bertz CT molecular complexity index is 935. The molecule has 0 saturated heterocycles. The zero-order valence-electron chi connectivity index (χ0n) is 15.8. The van der Waals surface area contributed by atoms with Gasteiger partial charge in [0.15, 0.2) is 11.5 Å². The molecule has 5 N–H and O–H groups in total. The van der Waals surface area contributed by atoms with Crippen LogP contribution in [-0.4, -0.2) is 17.2 Å². The number of rotatable bonds is 4. The van der Waals surface area contributed by atoms with Crippen molar-refractivity contribution in [2.24, 2.45) is 10.9 Å². The molecule has 7 nitrogen and oxygen atoms in total. The van der Waals surface area contributed by atoms with Crippen LogP contribution in [0, 0.1) is 0 Å². The summed E-state index contributed by atoms with van der Waals surface area (Å²) in [5.74, 6) is -0.530. The summed E-state index contributed by atoms with van der Waals surface area (Å²) in [4.78, 5) is 16.3. The Morgan fingerprint density at radius 3 is 2.38 bits per heavy atom. The Morgan fingerprint density at radius 1 is 1.24 bits per heavy atom. The predicted octanol–water partition coefficient (Wildman–Crippen LogP) is 4.49. The number of nitrogens with two attached hydrogens (primary N) is 2. The van der Waals surface area contributed by atoms with E-state index >= 15 is 0 Å². The minimum Gasteiger partial charge on any atom is -0.401 e. The number of anilines is 1. The van der Waals surface area contributed by atoms with E-state index in [1.165, 1.54) is 24.4 Å². The van der Waals surface area contributed by atoms with Gasteiger partial charge in [0.1, 0.15) is 10.7 Å². The SMILES string of the molecule is C/C(N)=C(/SN)C(=O)Nc1ccc(-c2cc3c(cc2Cl)OC(F)(F)O3)cn1.CC. The van der Waals surface area contributed by atoms with Gasteiger partial charge in [-0.2, -0.15) is 0 Å². The van der Waals surface area contributed by atoms with Gasteiger partial charge in [0.25, 0.3) is 5.91 Å². The van der Waals surface area contributed by atoms with E-state index in [1.807, 2.05) is 13.8 Å². The number of pyridine rings is 1. The molecule has 0 fully saturated rings. The number of alkyl halides is 2. The van der Waals surface area contributed by atoms with Crippen LogP contribution in [0.5, 0.6) is 11.5 Å². The first-order valence-electron chi connectivity index (χ1n) is 8.40. The zero-order chi connectivity index (χ0) is 21.8. The molecule has 2 heterocycles. The van der Waals surface area contributed by atoms with Crippen LogP contribution in [0.4, 0.5) is 14.6 Å². The van der Waals surface area contributed by atoms with Crippen LogP contribution in [0.2, 0.25) is 5.02 Å². The third-order valence-electron chi connectivity index (χ3n) is 3.49. The van der Waals surface area contributed by atoms with E-state index in [2.05, 4.69) is 19.8 Å². The second-order valence-electron chi connectivity index (χ2n) is 5.46. The average molecular weight is 445 g/mol. The van der Waals surface area contributed by atoms with Gasteiger partial charge >= 0.3 is 6.29 Å². The molecule has 0 atom stereocenters. The normalized spacial score (nSPS) is 14.4. The van der Waals surface area contributed by atoms with E-state index in [1.54, 1.807) is 13.0 Å². The van der Waals surface area contributed by atoms with Crippen molar-refractivity contribution < 1.29 is 23.0 Å². The maximum atomic E-state index is 13.2. The predicted molar refractivity (Wildman–Crippen MR) is 110 cm³/mol. The van der Waals surface area contributed by atoms with Gasteiger partial charge in [-0.15, -0.1) is 8.78 Å². The molecule has 3 rings (SSSR count). The molecule has 0 spiro atoms. The van der Waals surface area contributed by atoms with Gasteiger partial charge in [0, 0.05) is 29.1 Å². The van der Waals surface area contributed by atoms with Crippen molar-refractivity contribution in [3.63, 3.8) is 0 Å². The second-order valence-corrected chi connectivity index (χ2v) is 6.51. The van der Waals surface area contributed by atoms with Crippen LogP contribution < -0.4 is 25.7 Å². The quantitative estimate of drug-likeness (QED) is 0.470. The summed E-state index contributed by atoms with van der Waals surface area (Å²) in [5.41, 5.74) is 6.81. The number of fused-ring (bicyclic) bond motifs is 1. The number of ether oxygens (including phenoxy) is 2. The summed E-state index contributed by atoms with van der Waals surface area (Å²) in [6, 6.07) is 5.70. The number of amides is 1. The molecule has 0 unspecified atom stereocenters. The number of nitrogens with zero attached hydrogens (tertiary/aromatic N) is 1. The molecule has 29 heavy (non-hydrogen) atoms. The van der Waals surface area contributed by atoms with Crippen LogP contribution in [0.15, 0.2) is 41.1 Å². The van der Waals surface area contributed by atoms with Crippen LogP contribution >= 0.6 is 23.5 Å². The molecule has 1 aromatic carbocycles. The summed E-state index contributed by atoms with van der Waals surface area (Å²) in [6.07, 6.45) is -2.31. The largest absolute Gasteiger partial charge is 0.586 e. The molecule has 1 amide bonds. The molecule has 1 aliphatic rings. The Labute approximate surface area is 175 Å². The van der Waals surface area contributed by atoms with E-state index in [9.17, 15) is 13.6 Å². The van der Waals surface area contributed by atoms with Crippen molar-refractivity contribution in [2.75, 3.05) is 5.32 Å². The van der Waals surface area contributed by atoms with Gasteiger partial charge < -0.3 is 20.5 Å². The number of nitrogens with one attached hydrogen (secondary N) is 1. The first-order chi connectivity index (χ1) is 13.7. The molecule has 1 aliphatic heterocycles. The summed E-state index contributed by atoms with van der Waals surface area (Å²) < 4.78 is 35.1. The van der Waals surface area contributed by atoms with Gasteiger partial charge in [-0.3, -0.25) is 9.93 Å². The second kappa shape index (κ2) is 9.29. The maximum Gasteiger partial charge on any atom is 0.586 e. The molecule has 0 bridgehead atoms. The molecule has 11 heteroatoms. The first kappa shape index (κ1) is 22.7. The van der Waals surface area contributed by atoms with Gasteiger partial charge in [0.05, 0.1) is 5.02 Å². The van der Waals surface area contributed by atoms with Crippen molar-refractivity contribution in [2.45, 2.75) is 27.1 Å². The molecule has 2 aromatic rings. The van der Waals surface area contributed by atoms with E-state index < -0.39 is 12.2 Å². The van der Waals surface area contributed by atoms with Crippen LogP contribution in [0.1, 0.15) is 20.8 Å². The molecule has 0 saturated carbocycles. The lowest BCUT2D eigenvalue weighted by Gasteiger charge is -2.09.